The fraction of sp³-hybridized carbons (Fsp3) is 0.364. The minimum absolute atomic E-state index is 0.115. The van der Waals surface area contributed by atoms with Crippen LogP contribution in [0.2, 0.25) is 0 Å². The predicted octanol–water partition coefficient (Wildman–Crippen LogP) is 2.96. The molecule has 1 saturated heterocycles. The zero-order chi connectivity index (χ0) is 22.7. The maximum Gasteiger partial charge on any atom is 0.276 e. The van der Waals surface area contributed by atoms with E-state index in [1.165, 1.54) is 10.4 Å². The molecule has 1 amide bonds. The smallest absolute Gasteiger partial charge is 0.276 e. The molecule has 1 aliphatic rings. The van der Waals surface area contributed by atoms with Gasteiger partial charge >= 0.3 is 0 Å². The Morgan fingerprint density at radius 2 is 2.03 bits per heavy atom. The Bertz CT molecular complexity index is 1160. The lowest BCUT2D eigenvalue weighted by Gasteiger charge is -2.31. The number of furan rings is 1. The maximum atomic E-state index is 13.1. The molecule has 1 aromatic carbocycles. The van der Waals surface area contributed by atoms with Gasteiger partial charge < -0.3 is 14.5 Å². The van der Waals surface area contributed by atoms with Gasteiger partial charge in [-0.2, -0.15) is 9.40 Å². The van der Waals surface area contributed by atoms with E-state index in [-0.39, 0.29) is 23.6 Å². The van der Waals surface area contributed by atoms with Crippen molar-refractivity contribution in [2.45, 2.75) is 30.9 Å². The van der Waals surface area contributed by atoms with Crippen molar-refractivity contribution in [1.29, 1.82) is 0 Å². The van der Waals surface area contributed by atoms with Crippen molar-refractivity contribution in [3.8, 4) is 17.2 Å². The topological polar surface area (TPSA) is 118 Å². The van der Waals surface area contributed by atoms with Crippen molar-refractivity contribution < 1.29 is 22.4 Å². The van der Waals surface area contributed by atoms with Gasteiger partial charge in [-0.25, -0.2) is 8.42 Å². The molecule has 1 aliphatic heterocycles. The van der Waals surface area contributed by atoms with Crippen molar-refractivity contribution in [2.75, 3.05) is 20.2 Å². The van der Waals surface area contributed by atoms with Gasteiger partial charge in [0.25, 0.3) is 10.0 Å². The molecule has 32 heavy (non-hydrogen) atoms. The molecular weight excluding hydrogens is 432 g/mol. The summed E-state index contributed by atoms with van der Waals surface area (Å²) in [5, 5.41) is 9.45. The summed E-state index contributed by atoms with van der Waals surface area (Å²) in [6, 6.07) is 12.0. The SMILES string of the molecule is COc1ccc(C(C)NC(=O)C2CCCN(S(=O)(=O)c3ccc(-c4ccn[nH]4)o3)C2)cc1. The second-order valence-corrected chi connectivity index (χ2v) is 9.66. The molecule has 10 heteroatoms. The summed E-state index contributed by atoms with van der Waals surface area (Å²) >= 11 is 0. The minimum Gasteiger partial charge on any atom is -0.497 e. The van der Waals surface area contributed by atoms with Gasteiger partial charge in [0, 0.05) is 19.3 Å². The Labute approximate surface area is 186 Å². The van der Waals surface area contributed by atoms with Crippen LogP contribution in [0.1, 0.15) is 31.4 Å². The number of rotatable bonds is 7. The van der Waals surface area contributed by atoms with Crippen molar-refractivity contribution >= 4 is 15.9 Å². The molecule has 0 saturated carbocycles. The quantitative estimate of drug-likeness (QED) is 0.562. The highest BCUT2D eigenvalue weighted by atomic mass is 32.2. The van der Waals surface area contributed by atoms with E-state index in [4.69, 9.17) is 9.15 Å². The molecule has 0 aliphatic carbocycles. The maximum absolute atomic E-state index is 13.1. The monoisotopic (exact) mass is 458 g/mol. The first-order valence-corrected chi connectivity index (χ1v) is 11.9. The van der Waals surface area contributed by atoms with Crippen LogP contribution in [0, 0.1) is 5.92 Å². The fourth-order valence-electron chi connectivity index (χ4n) is 3.81. The third kappa shape index (κ3) is 4.56. The summed E-state index contributed by atoms with van der Waals surface area (Å²) in [7, 11) is -2.25. The number of amides is 1. The largest absolute Gasteiger partial charge is 0.497 e. The van der Waals surface area contributed by atoms with Crippen LogP contribution < -0.4 is 10.1 Å². The summed E-state index contributed by atoms with van der Waals surface area (Å²) in [5.74, 6) is 0.543. The van der Waals surface area contributed by atoms with E-state index in [1.807, 2.05) is 31.2 Å². The normalized spacial score (nSPS) is 18.2. The van der Waals surface area contributed by atoms with Gasteiger partial charge in [0.05, 0.1) is 19.1 Å². The molecule has 3 aromatic rings. The first-order valence-electron chi connectivity index (χ1n) is 10.4. The Kier molecular flexibility index (Phi) is 6.33. The van der Waals surface area contributed by atoms with Crippen molar-refractivity contribution in [3.63, 3.8) is 0 Å². The third-order valence-electron chi connectivity index (χ3n) is 5.67. The fourth-order valence-corrected chi connectivity index (χ4v) is 5.24. The van der Waals surface area contributed by atoms with E-state index in [2.05, 4.69) is 15.5 Å². The zero-order valence-corrected chi connectivity index (χ0v) is 18.8. The number of piperidine rings is 1. The number of aromatic amines is 1. The second kappa shape index (κ2) is 9.17. The van der Waals surface area contributed by atoms with Gasteiger partial charge in [-0.3, -0.25) is 9.89 Å². The standard InChI is InChI=1S/C22H26N4O5S/c1-15(16-5-7-18(30-2)8-6-16)24-22(27)17-4-3-13-26(14-17)32(28,29)21-10-9-20(31-21)19-11-12-23-25-19/h5-12,15,17H,3-4,13-14H2,1-2H3,(H,23,25)(H,24,27). The van der Waals surface area contributed by atoms with Gasteiger partial charge in [-0.1, -0.05) is 12.1 Å². The van der Waals surface area contributed by atoms with E-state index in [9.17, 15) is 13.2 Å². The number of benzene rings is 1. The van der Waals surface area contributed by atoms with E-state index in [0.717, 1.165) is 11.3 Å². The highest BCUT2D eigenvalue weighted by Gasteiger charge is 2.35. The van der Waals surface area contributed by atoms with Gasteiger partial charge in [-0.15, -0.1) is 0 Å². The van der Waals surface area contributed by atoms with Crippen LogP contribution in [0.3, 0.4) is 0 Å². The van der Waals surface area contributed by atoms with E-state index in [1.54, 1.807) is 25.4 Å². The molecular formula is C22H26N4O5S. The lowest BCUT2D eigenvalue weighted by molar-refractivity contribution is -0.126. The van der Waals surface area contributed by atoms with E-state index < -0.39 is 15.9 Å². The molecule has 2 unspecified atom stereocenters. The van der Waals surface area contributed by atoms with Crippen LogP contribution >= 0.6 is 0 Å². The zero-order valence-electron chi connectivity index (χ0n) is 17.9. The van der Waals surface area contributed by atoms with Gasteiger partial charge in [-0.05, 0) is 55.7 Å². The number of nitrogens with one attached hydrogen (secondary N) is 2. The molecule has 0 bridgehead atoms. The average molecular weight is 459 g/mol. The van der Waals surface area contributed by atoms with Crippen molar-refractivity contribution in [2.24, 2.45) is 5.92 Å². The molecule has 0 radical (unpaired) electrons. The number of methoxy groups -OCH3 is 1. The first-order chi connectivity index (χ1) is 15.4. The number of ether oxygens (including phenoxy) is 1. The number of nitrogens with zero attached hydrogens (tertiary/aromatic N) is 2. The molecule has 2 N–H and O–H groups in total. The van der Waals surface area contributed by atoms with Crippen molar-refractivity contribution in [1.82, 2.24) is 19.8 Å². The Hall–Kier alpha value is -3.11. The van der Waals surface area contributed by atoms with Crippen LogP contribution in [0.4, 0.5) is 0 Å². The second-order valence-electron chi connectivity index (χ2n) is 7.79. The van der Waals surface area contributed by atoms with Crippen LogP contribution in [0.15, 0.2) is 58.2 Å². The van der Waals surface area contributed by atoms with Crippen LogP contribution in [-0.4, -0.2) is 49.0 Å². The molecule has 4 rings (SSSR count). The molecule has 0 spiro atoms. The first kappa shape index (κ1) is 22.1. The summed E-state index contributed by atoms with van der Waals surface area (Å²) in [5.41, 5.74) is 1.54. The minimum atomic E-state index is -3.85. The summed E-state index contributed by atoms with van der Waals surface area (Å²) < 4.78 is 38.3. The number of hydrogen-bond acceptors (Lipinski definition) is 6. The number of carbonyl (C=O) groups is 1. The number of carbonyl (C=O) groups excluding carboxylic acids is 1. The average Bonchev–Trinajstić information content (AvgIpc) is 3.51. The Morgan fingerprint density at radius 1 is 1.25 bits per heavy atom. The number of sulfonamides is 1. The summed E-state index contributed by atoms with van der Waals surface area (Å²) in [6.45, 7) is 2.36. The molecule has 2 atom stereocenters. The van der Waals surface area contributed by atoms with E-state index in [0.29, 0.717) is 30.8 Å². The Morgan fingerprint density at radius 3 is 2.72 bits per heavy atom. The van der Waals surface area contributed by atoms with Gasteiger partial charge in [0.1, 0.15) is 11.4 Å². The third-order valence-corrected chi connectivity index (χ3v) is 7.41. The van der Waals surface area contributed by atoms with Crippen LogP contribution in [-0.2, 0) is 14.8 Å². The van der Waals surface area contributed by atoms with Gasteiger partial charge in [0.15, 0.2) is 5.76 Å². The predicted molar refractivity (Wildman–Crippen MR) is 117 cm³/mol. The number of hydrogen-bond donors (Lipinski definition) is 2. The lowest BCUT2D eigenvalue weighted by Crippen LogP contribution is -2.45. The highest BCUT2D eigenvalue weighted by Crippen LogP contribution is 2.28. The van der Waals surface area contributed by atoms with Crippen molar-refractivity contribution in [3.05, 3.63) is 54.2 Å². The highest BCUT2D eigenvalue weighted by molar-refractivity contribution is 7.89. The van der Waals surface area contributed by atoms with Gasteiger partial charge in [0.2, 0.25) is 11.0 Å². The molecule has 3 heterocycles. The summed E-state index contributed by atoms with van der Waals surface area (Å²) in [6.07, 6.45) is 2.79. The molecule has 2 aromatic heterocycles. The Balaban J connectivity index is 1.42. The molecule has 170 valence electrons. The van der Waals surface area contributed by atoms with Crippen LogP contribution in [0.5, 0.6) is 5.75 Å². The number of H-pyrrole nitrogens is 1. The molecule has 1 fully saturated rings. The number of aromatic nitrogens is 2. The summed E-state index contributed by atoms with van der Waals surface area (Å²) in [4.78, 5) is 12.9. The lowest BCUT2D eigenvalue weighted by atomic mass is 9.98. The van der Waals surface area contributed by atoms with Crippen LogP contribution in [0.25, 0.3) is 11.5 Å². The van der Waals surface area contributed by atoms with E-state index >= 15 is 0 Å². The molecule has 9 nitrogen and oxygen atoms in total.